The van der Waals surface area contributed by atoms with Crippen molar-refractivity contribution in [2.45, 2.75) is 129 Å². The van der Waals surface area contributed by atoms with Gasteiger partial charge in [-0.05, 0) is 60.7 Å². The Labute approximate surface area is 273 Å². The smallest absolute Gasteiger partial charge is 0.315 e. The first kappa shape index (κ1) is 34.6. The average Bonchev–Trinajstić information content (AvgIpc) is 3.89. The van der Waals surface area contributed by atoms with Gasteiger partial charge in [-0.2, -0.15) is 0 Å². The van der Waals surface area contributed by atoms with E-state index in [4.69, 9.17) is 0 Å². The van der Waals surface area contributed by atoms with E-state index < -0.39 is 68.5 Å². The number of fused-ring (bicyclic) bond motifs is 1. The minimum Gasteiger partial charge on any atom is -0.347 e. The van der Waals surface area contributed by atoms with Gasteiger partial charge >= 0.3 is 6.03 Å². The van der Waals surface area contributed by atoms with E-state index in [1.54, 1.807) is 4.90 Å². The number of hydrogen-bond acceptors (Lipinski definition) is 7. The van der Waals surface area contributed by atoms with E-state index in [2.05, 4.69) is 35.1 Å². The van der Waals surface area contributed by atoms with Crippen LogP contribution in [0.3, 0.4) is 0 Å². The summed E-state index contributed by atoms with van der Waals surface area (Å²) in [6.07, 6.45) is 8.77. The van der Waals surface area contributed by atoms with Crippen molar-refractivity contribution in [1.82, 2.24) is 26.2 Å². The van der Waals surface area contributed by atoms with Crippen molar-refractivity contribution in [2.24, 2.45) is 28.6 Å². The molecule has 0 radical (unpaired) electrons. The van der Waals surface area contributed by atoms with Crippen LogP contribution in [0.4, 0.5) is 4.79 Å². The van der Waals surface area contributed by atoms with Crippen LogP contribution in [0.25, 0.3) is 0 Å². The van der Waals surface area contributed by atoms with Crippen LogP contribution < -0.4 is 21.3 Å². The number of hydrogen-bond donors (Lipinski definition) is 4. The molecule has 5 amide bonds. The number of carbonyl (C=O) groups is 5. The topological polar surface area (TPSA) is 171 Å². The Bertz CT molecular complexity index is 1360. The third-order valence-electron chi connectivity index (χ3n) is 10.9. The number of carbonyl (C=O) groups excluding carboxylic acids is 5. The standard InChI is InChI=1S/C33H53N5O7S/c1-31(2,3)26(36-30(43)37-33(18-46(6,44)45)14-8-7-9-15-33)29(42)38-17-21-23(32(21,4)5)24(38)27(40)35-22(16-19-10-11-19)25(39)28(41)34-20-12-13-20/h19-24,26H,7-18H2,1-6H3,(H,34,41)(H,35,40)(H2,36,37,43)/t21-,22?,23-,24-,26+/m0/s1. The molecule has 1 heterocycles. The number of ketones is 1. The molecule has 0 aromatic heterocycles. The summed E-state index contributed by atoms with van der Waals surface area (Å²) in [5.41, 5.74) is -1.82. The molecule has 1 saturated heterocycles. The quantitative estimate of drug-likeness (QED) is 0.232. The number of nitrogens with zero attached hydrogens (tertiary/aromatic N) is 1. The van der Waals surface area contributed by atoms with Crippen LogP contribution in [-0.4, -0.2) is 91.1 Å². The second-order valence-corrected chi connectivity index (χ2v) is 18.7. The van der Waals surface area contributed by atoms with E-state index in [0.29, 0.717) is 25.8 Å². The Morgan fingerprint density at radius 2 is 1.57 bits per heavy atom. The van der Waals surface area contributed by atoms with Crippen molar-refractivity contribution in [3.05, 3.63) is 0 Å². The van der Waals surface area contributed by atoms with Gasteiger partial charge in [0, 0.05) is 18.8 Å². The number of urea groups is 1. The van der Waals surface area contributed by atoms with Crippen LogP contribution in [0.2, 0.25) is 0 Å². The summed E-state index contributed by atoms with van der Waals surface area (Å²) in [6, 6.07) is -3.40. The minimum atomic E-state index is -3.38. The van der Waals surface area contributed by atoms with Crippen molar-refractivity contribution < 1.29 is 32.4 Å². The van der Waals surface area contributed by atoms with E-state index in [0.717, 1.165) is 51.2 Å². The lowest BCUT2D eigenvalue weighted by Gasteiger charge is -2.40. The summed E-state index contributed by atoms with van der Waals surface area (Å²) in [5, 5.41) is 11.4. The van der Waals surface area contributed by atoms with Gasteiger partial charge < -0.3 is 26.2 Å². The van der Waals surface area contributed by atoms with E-state index in [1.165, 1.54) is 0 Å². The highest BCUT2D eigenvalue weighted by Crippen LogP contribution is 2.65. The highest BCUT2D eigenvalue weighted by atomic mass is 32.2. The predicted octanol–water partition coefficient (Wildman–Crippen LogP) is 2.06. The Hall–Kier alpha value is -2.70. The average molecular weight is 664 g/mol. The first-order valence-electron chi connectivity index (χ1n) is 17.0. The lowest BCUT2D eigenvalue weighted by molar-refractivity contribution is -0.145. The Morgan fingerprint density at radius 1 is 0.935 bits per heavy atom. The summed E-state index contributed by atoms with van der Waals surface area (Å²) in [4.78, 5) is 69.3. The zero-order chi connectivity index (χ0) is 33.8. The predicted molar refractivity (Wildman–Crippen MR) is 172 cm³/mol. The van der Waals surface area contributed by atoms with Crippen LogP contribution in [0.5, 0.6) is 0 Å². The molecule has 12 nitrogen and oxygen atoms in total. The largest absolute Gasteiger partial charge is 0.347 e. The Morgan fingerprint density at radius 3 is 2.11 bits per heavy atom. The van der Waals surface area contributed by atoms with Crippen molar-refractivity contribution in [3.8, 4) is 0 Å². The maximum atomic E-state index is 14.3. The molecule has 5 atom stereocenters. The molecule has 0 aromatic carbocycles. The second kappa shape index (κ2) is 12.4. The third kappa shape index (κ3) is 7.87. The van der Waals surface area contributed by atoms with Crippen LogP contribution in [-0.2, 0) is 29.0 Å². The second-order valence-electron chi connectivity index (χ2n) is 16.5. The van der Waals surface area contributed by atoms with Crippen LogP contribution >= 0.6 is 0 Å². The maximum Gasteiger partial charge on any atom is 0.315 e. The molecule has 46 heavy (non-hydrogen) atoms. The van der Waals surface area contributed by atoms with E-state index >= 15 is 0 Å². The molecule has 4 saturated carbocycles. The number of sulfone groups is 1. The summed E-state index contributed by atoms with van der Waals surface area (Å²) in [6.45, 7) is 9.98. The molecule has 5 fully saturated rings. The van der Waals surface area contributed by atoms with Crippen LogP contribution in [0, 0.1) is 28.6 Å². The normalized spacial score (nSPS) is 27.9. The number of piperidine rings is 1. The number of rotatable bonds is 12. The molecule has 4 N–H and O–H groups in total. The van der Waals surface area contributed by atoms with Gasteiger partial charge in [0.1, 0.15) is 21.9 Å². The van der Waals surface area contributed by atoms with Crippen molar-refractivity contribution in [1.29, 1.82) is 0 Å². The lowest BCUT2D eigenvalue weighted by Crippen LogP contribution is -2.63. The highest BCUT2D eigenvalue weighted by molar-refractivity contribution is 7.90. The van der Waals surface area contributed by atoms with Gasteiger partial charge in [-0.25, -0.2) is 13.2 Å². The monoisotopic (exact) mass is 663 g/mol. The minimum absolute atomic E-state index is 0.0168. The van der Waals surface area contributed by atoms with Crippen molar-refractivity contribution >= 4 is 39.4 Å². The highest BCUT2D eigenvalue weighted by Gasteiger charge is 2.70. The molecule has 0 spiro atoms. The molecular formula is C33H53N5O7S. The molecule has 1 unspecified atom stereocenters. The molecular weight excluding hydrogens is 610 g/mol. The maximum absolute atomic E-state index is 14.3. The summed E-state index contributed by atoms with van der Waals surface area (Å²) in [7, 11) is -3.38. The van der Waals surface area contributed by atoms with Crippen molar-refractivity contribution in [3.63, 3.8) is 0 Å². The molecule has 258 valence electrons. The third-order valence-corrected chi connectivity index (χ3v) is 12.0. The number of nitrogens with one attached hydrogen (secondary N) is 4. The molecule has 5 aliphatic rings. The SMILES string of the molecule is CC(C)(C)[C@H](NC(=O)NC1(CS(C)(=O)=O)CCCCC1)C(=O)N1C[C@H]2[C@@H]([C@H]1C(=O)NC(CC1CC1)C(=O)C(=O)NC1CC1)C2(C)C. The van der Waals surface area contributed by atoms with Gasteiger partial charge in [0.25, 0.3) is 5.91 Å². The van der Waals surface area contributed by atoms with Gasteiger partial charge in [0.05, 0.1) is 17.3 Å². The van der Waals surface area contributed by atoms with Crippen molar-refractivity contribution in [2.75, 3.05) is 18.6 Å². The number of likely N-dealkylation sites (tertiary alicyclic amines) is 1. The zero-order valence-corrected chi connectivity index (χ0v) is 29.1. The van der Waals surface area contributed by atoms with Gasteiger partial charge in [0.15, 0.2) is 0 Å². The Kier molecular flexibility index (Phi) is 9.33. The van der Waals surface area contributed by atoms with Gasteiger partial charge in [-0.3, -0.25) is 19.2 Å². The molecule has 0 aromatic rings. The summed E-state index contributed by atoms with van der Waals surface area (Å²) in [5.74, 6) is -2.11. The first-order valence-corrected chi connectivity index (χ1v) is 19.1. The molecule has 4 aliphatic carbocycles. The molecule has 0 bridgehead atoms. The molecule has 13 heteroatoms. The molecule has 1 aliphatic heterocycles. The van der Waals surface area contributed by atoms with Crippen LogP contribution in [0.15, 0.2) is 0 Å². The fourth-order valence-electron chi connectivity index (χ4n) is 7.89. The fourth-order valence-corrected chi connectivity index (χ4v) is 9.25. The lowest BCUT2D eigenvalue weighted by atomic mass is 9.83. The Balaban J connectivity index is 1.33. The van der Waals surface area contributed by atoms with E-state index in [1.807, 2.05) is 20.8 Å². The number of Topliss-reactive ketones (excluding diaryl/α,β-unsaturated/α-hetero) is 1. The number of amides is 5. The van der Waals surface area contributed by atoms with Crippen LogP contribution in [0.1, 0.15) is 98.8 Å². The zero-order valence-electron chi connectivity index (χ0n) is 28.2. The fraction of sp³-hybridized carbons (Fsp3) is 0.848. The van der Waals surface area contributed by atoms with E-state index in [9.17, 15) is 32.4 Å². The summed E-state index contributed by atoms with van der Waals surface area (Å²) < 4.78 is 24.6. The van der Waals surface area contributed by atoms with E-state index in [-0.39, 0.29) is 35.0 Å². The molecule has 5 rings (SSSR count). The van der Waals surface area contributed by atoms with Gasteiger partial charge in [-0.1, -0.05) is 66.7 Å². The van der Waals surface area contributed by atoms with Gasteiger partial charge in [0.2, 0.25) is 17.6 Å². The first-order chi connectivity index (χ1) is 21.3. The summed E-state index contributed by atoms with van der Waals surface area (Å²) >= 11 is 0. The van der Waals surface area contributed by atoms with Gasteiger partial charge in [-0.15, -0.1) is 0 Å².